The highest BCUT2D eigenvalue weighted by molar-refractivity contribution is 7.10. The smallest absolute Gasteiger partial charge is 0.317 e. The van der Waals surface area contributed by atoms with Gasteiger partial charge in [-0.15, -0.1) is 11.3 Å². The molecule has 0 bridgehead atoms. The zero-order chi connectivity index (χ0) is 21.1. The lowest BCUT2D eigenvalue weighted by molar-refractivity contribution is 0.206. The SMILES string of the molecule is CN(Cc1ccc(F)c(F)c1)C(=O)NCC(c1cccs1)c1c[nH]c2ccccc12. The van der Waals surface area contributed by atoms with Crippen LogP contribution in [0.2, 0.25) is 0 Å². The number of carbonyl (C=O) groups excluding carboxylic acids is 1. The number of para-hydroxylation sites is 1. The molecule has 0 aliphatic rings. The number of amides is 2. The van der Waals surface area contributed by atoms with Crippen molar-refractivity contribution >= 4 is 28.3 Å². The predicted molar refractivity (Wildman–Crippen MR) is 116 cm³/mol. The van der Waals surface area contributed by atoms with Gasteiger partial charge in [0.2, 0.25) is 0 Å². The topological polar surface area (TPSA) is 48.1 Å². The van der Waals surface area contributed by atoms with E-state index >= 15 is 0 Å². The minimum atomic E-state index is -0.918. The predicted octanol–water partition coefficient (Wildman–Crippen LogP) is 5.48. The van der Waals surface area contributed by atoms with Crippen LogP contribution in [0.1, 0.15) is 21.9 Å². The lowest BCUT2D eigenvalue weighted by atomic mass is 9.97. The summed E-state index contributed by atoms with van der Waals surface area (Å²) in [5.41, 5.74) is 2.70. The van der Waals surface area contributed by atoms with E-state index in [1.165, 1.54) is 11.0 Å². The first-order valence-corrected chi connectivity index (χ1v) is 10.4. The zero-order valence-corrected chi connectivity index (χ0v) is 17.2. The number of carbonyl (C=O) groups is 1. The summed E-state index contributed by atoms with van der Waals surface area (Å²) < 4.78 is 26.5. The fraction of sp³-hybridized carbons (Fsp3) is 0.174. The molecule has 30 heavy (non-hydrogen) atoms. The summed E-state index contributed by atoms with van der Waals surface area (Å²) in [6, 6.07) is 15.5. The Morgan fingerprint density at radius 1 is 1.13 bits per heavy atom. The van der Waals surface area contributed by atoms with E-state index in [9.17, 15) is 13.6 Å². The summed E-state index contributed by atoms with van der Waals surface area (Å²) in [7, 11) is 1.63. The molecule has 2 N–H and O–H groups in total. The van der Waals surface area contributed by atoms with Crippen molar-refractivity contribution in [1.29, 1.82) is 0 Å². The summed E-state index contributed by atoms with van der Waals surface area (Å²) in [5, 5.41) is 6.13. The van der Waals surface area contributed by atoms with Crippen LogP contribution in [0, 0.1) is 11.6 Å². The van der Waals surface area contributed by atoms with Crippen LogP contribution in [0.25, 0.3) is 10.9 Å². The summed E-state index contributed by atoms with van der Waals surface area (Å²) >= 11 is 1.65. The molecule has 154 valence electrons. The summed E-state index contributed by atoms with van der Waals surface area (Å²) in [5.74, 6) is -1.82. The van der Waals surface area contributed by atoms with E-state index in [-0.39, 0.29) is 18.5 Å². The van der Waals surface area contributed by atoms with Gasteiger partial charge in [-0.05, 0) is 40.8 Å². The van der Waals surface area contributed by atoms with Crippen molar-refractivity contribution in [1.82, 2.24) is 15.2 Å². The van der Waals surface area contributed by atoms with Gasteiger partial charge in [0.05, 0.1) is 0 Å². The maximum Gasteiger partial charge on any atom is 0.317 e. The van der Waals surface area contributed by atoms with Gasteiger partial charge in [-0.3, -0.25) is 0 Å². The van der Waals surface area contributed by atoms with E-state index in [0.717, 1.165) is 33.5 Å². The monoisotopic (exact) mass is 425 g/mol. The van der Waals surface area contributed by atoms with Gasteiger partial charge in [0, 0.05) is 48.0 Å². The van der Waals surface area contributed by atoms with E-state index < -0.39 is 11.6 Å². The Balaban J connectivity index is 1.48. The standard InChI is InChI=1S/C23H21F2N3OS/c1-28(14-15-8-9-19(24)20(25)11-15)23(29)27-13-18(22-7-4-10-30-22)17-12-26-21-6-3-2-5-16(17)21/h2-12,18,26H,13-14H2,1H3,(H,27,29). The fourth-order valence-electron chi connectivity index (χ4n) is 3.54. The van der Waals surface area contributed by atoms with Gasteiger partial charge in [-0.25, -0.2) is 13.6 Å². The van der Waals surface area contributed by atoms with Crippen LogP contribution in [0.5, 0.6) is 0 Å². The number of nitrogens with one attached hydrogen (secondary N) is 2. The van der Waals surface area contributed by atoms with Crippen LogP contribution in [0.3, 0.4) is 0 Å². The third-order valence-electron chi connectivity index (χ3n) is 5.09. The van der Waals surface area contributed by atoms with Gasteiger partial charge < -0.3 is 15.2 Å². The summed E-state index contributed by atoms with van der Waals surface area (Å²) in [6.45, 7) is 0.600. The second-order valence-electron chi connectivity index (χ2n) is 7.15. The maximum absolute atomic E-state index is 13.4. The molecule has 1 atom stereocenters. The summed E-state index contributed by atoms with van der Waals surface area (Å²) in [4.78, 5) is 18.6. The second-order valence-corrected chi connectivity index (χ2v) is 8.13. The first kappa shape index (κ1) is 20.1. The molecule has 1 unspecified atom stereocenters. The first-order chi connectivity index (χ1) is 14.5. The maximum atomic E-state index is 13.4. The molecule has 4 nitrogen and oxygen atoms in total. The van der Waals surface area contributed by atoms with Gasteiger partial charge in [-0.1, -0.05) is 30.3 Å². The van der Waals surface area contributed by atoms with Gasteiger partial charge in [0.1, 0.15) is 0 Å². The highest BCUT2D eigenvalue weighted by atomic mass is 32.1. The van der Waals surface area contributed by atoms with Crippen molar-refractivity contribution in [2.75, 3.05) is 13.6 Å². The number of aromatic amines is 1. The molecule has 0 spiro atoms. The number of nitrogens with zero attached hydrogens (tertiary/aromatic N) is 1. The number of fused-ring (bicyclic) bond motifs is 1. The van der Waals surface area contributed by atoms with E-state index in [1.807, 2.05) is 35.8 Å². The second kappa shape index (κ2) is 8.67. The van der Waals surface area contributed by atoms with Gasteiger partial charge in [0.15, 0.2) is 11.6 Å². The Labute approximate surface area is 177 Å². The number of rotatable bonds is 6. The highest BCUT2D eigenvalue weighted by Gasteiger charge is 2.21. The van der Waals surface area contributed by atoms with E-state index in [0.29, 0.717) is 12.1 Å². The fourth-order valence-corrected chi connectivity index (χ4v) is 4.39. The van der Waals surface area contributed by atoms with Crippen molar-refractivity contribution in [3.05, 3.63) is 93.8 Å². The van der Waals surface area contributed by atoms with Crippen molar-refractivity contribution in [2.45, 2.75) is 12.5 Å². The highest BCUT2D eigenvalue weighted by Crippen LogP contribution is 2.32. The zero-order valence-electron chi connectivity index (χ0n) is 16.4. The third-order valence-corrected chi connectivity index (χ3v) is 6.08. The van der Waals surface area contributed by atoms with Gasteiger partial charge in [-0.2, -0.15) is 0 Å². The normalized spacial score (nSPS) is 12.1. The van der Waals surface area contributed by atoms with Crippen LogP contribution < -0.4 is 5.32 Å². The number of urea groups is 1. The minimum Gasteiger partial charge on any atom is -0.361 e. The molecule has 7 heteroatoms. The number of hydrogen-bond donors (Lipinski definition) is 2. The molecule has 0 saturated heterocycles. The Hall–Kier alpha value is -3.19. The number of benzene rings is 2. The Morgan fingerprint density at radius 3 is 2.73 bits per heavy atom. The summed E-state index contributed by atoms with van der Waals surface area (Å²) in [6.07, 6.45) is 1.99. The molecule has 4 aromatic rings. The molecule has 0 radical (unpaired) electrons. The minimum absolute atomic E-state index is 0.00163. The number of aromatic nitrogens is 1. The average molecular weight is 426 g/mol. The van der Waals surface area contributed by atoms with E-state index in [4.69, 9.17) is 0 Å². The van der Waals surface area contributed by atoms with Crippen LogP contribution in [0.15, 0.2) is 66.2 Å². The Morgan fingerprint density at radius 2 is 1.97 bits per heavy atom. The van der Waals surface area contributed by atoms with Crippen LogP contribution in [0.4, 0.5) is 13.6 Å². The number of halogens is 2. The largest absolute Gasteiger partial charge is 0.361 e. The molecule has 0 fully saturated rings. The van der Waals surface area contributed by atoms with E-state index in [1.54, 1.807) is 18.4 Å². The van der Waals surface area contributed by atoms with Crippen LogP contribution in [-0.2, 0) is 6.54 Å². The first-order valence-electron chi connectivity index (χ1n) is 9.55. The van der Waals surface area contributed by atoms with Gasteiger partial charge >= 0.3 is 6.03 Å². The Kier molecular flexibility index (Phi) is 5.81. The number of thiophene rings is 1. The van der Waals surface area contributed by atoms with E-state index in [2.05, 4.69) is 22.4 Å². The lowest BCUT2D eigenvalue weighted by Crippen LogP contribution is -2.38. The van der Waals surface area contributed by atoms with Crippen LogP contribution >= 0.6 is 11.3 Å². The molecule has 4 rings (SSSR count). The quantitative estimate of drug-likeness (QED) is 0.422. The number of hydrogen-bond acceptors (Lipinski definition) is 2. The van der Waals surface area contributed by atoms with Gasteiger partial charge in [0.25, 0.3) is 0 Å². The lowest BCUT2D eigenvalue weighted by Gasteiger charge is -2.21. The molecule has 2 aromatic carbocycles. The molecular formula is C23H21F2N3OS. The Bertz CT molecular complexity index is 1160. The molecule has 2 heterocycles. The number of H-pyrrole nitrogens is 1. The molecule has 0 aliphatic heterocycles. The molecule has 2 amide bonds. The molecule has 0 aliphatic carbocycles. The van der Waals surface area contributed by atoms with Crippen molar-refractivity contribution < 1.29 is 13.6 Å². The van der Waals surface area contributed by atoms with Crippen molar-refractivity contribution in [3.63, 3.8) is 0 Å². The molecular weight excluding hydrogens is 404 g/mol. The third kappa shape index (κ3) is 4.21. The van der Waals surface area contributed by atoms with Crippen LogP contribution in [-0.4, -0.2) is 29.5 Å². The molecule has 0 saturated carbocycles. The average Bonchev–Trinajstić information content (AvgIpc) is 3.42. The van der Waals surface area contributed by atoms with Crippen molar-refractivity contribution in [2.24, 2.45) is 0 Å². The van der Waals surface area contributed by atoms with Crippen molar-refractivity contribution in [3.8, 4) is 0 Å². The molecule has 2 aromatic heterocycles.